The molecule has 0 saturated heterocycles. The number of hydrogen-bond acceptors (Lipinski definition) is 5. The molecule has 0 N–H and O–H groups in total. The predicted molar refractivity (Wildman–Crippen MR) is 145 cm³/mol. The summed E-state index contributed by atoms with van der Waals surface area (Å²) in [5, 5.41) is 4.71. The Hall–Kier alpha value is -3.91. The number of benzene rings is 3. The lowest BCUT2D eigenvalue weighted by molar-refractivity contribution is -0.671. The van der Waals surface area contributed by atoms with Gasteiger partial charge in [0.05, 0.1) is 18.9 Å². The predicted octanol–water partition coefficient (Wildman–Crippen LogP) is 1.35. The van der Waals surface area contributed by atoms with E-state index in [0.29, 0.717) is 5.56 Å². The number of ketones is 1. The fraction of sp³-hybridized carbons (Fsp3) is 0.207. The number of nitrogens with zero attached hydrogens (tertiary/aromatic N) is 5. The number of aromatic nitrogens is 2. The van der Waals surface area contributed by atoms with Gasteiger partial charge in [-0.1, -0.05) is 17.2 Å². The first-order valence-electron chi connectivity index (χ1n) is 11.7. The summed E-state index contributed by atoms with van der Waals surface area (Å²) in [6.07, 6.45) is 5.57. The van der Waals surface area contributed by atoms with Crippen LogP contribution >= 0.6 is 0 Å². The van der Waals surface area contributed by atoms with E-state index in [2.05, 4.69) is 17.0 Å². The highest BCUT2D eigenvalue weighted by molar-refractivity contribution is 5.95. The molecular formula is C29H32BrN5O2. The molecule has 0 radical (unpaired) electrons. The summed E-state index contributed by atoms with van der Waals surface area (Å²) < 4.78 is 9.05. The largest absolute Gasteiger partial charge is 1.00 e. The third kappa shape index (κ3) is 6.65. The van der Waals surface area contributed by atoms with Crippen LogP contribution in [0.3, 0.4) is 0 Å². The summed E-state index contributed by atoms with van der Waals surface area (Å²) in [5.74, 6) is 1.60. The molecule has 0 aliphatic rings. The summed E-state index contributed by atoms with van der Waals surface area (Å²) in [6.45, 7) is 0.197. The number of carbonyl (C=O) groups is 1. The molecule has 0 amide bonds. The Morgan fingerprint density at radius 3 is 2.00 bits per heavy atom. The fourth-order valence-corrected chi connectivity index (χ4v) is 3.85. The Morgan fingerprint density at radius 2 is 1.46 bits per heavy atom. The van der Waals surface area contributed by atoms with Crippen molar-refractivity contribution >= 4 is 23.4 Å². The smallest absolute Gasteiger partial charge is 0.314 e. The molecule has 7 nitrogen and oxygen atoms in total. The molecule has 8 heteroatoms. The number of imidazole rings is 1. The standard InChI is InChI=1S/C29H32N5O2.BrH/c1-31(2)25-12-6-22(7-13-25)20-30-34-19-18-33(29(34)24-10-16-27(36-5)17-11-24)21-28(35)23-8-14-26(15-9-23)32(3)4;/h6-20H,21H2,1-5H3;1H/q+1;/p-1/b30-20+;. The Labute approximate surface area is 229 Å². The average molecular weight is 563 g/mol. The average Bonchev–Trinajstić information content (AvgIpc) is 3.29. The first-order valence-corrected chi connectivity index (χ1v) is 11.7. The SMILES string of the molecule is COc1ccc(-c2n(/N=C/c3ccc(N(C)C)cc3)cc[n+]2CC(=O)c2ccc(N(C)C)cc2)cc1.[Br-]. The molecule has 1 aromatic heterocycles. The summed E-state index contributed by atoms with van der Waals surface area (Å²) >= 11 is 0. The van der Waals surface area contributed by atoms with Crippen molar-refractivity contribution < 1.29 is 31.1 Å². The molecule has 0 aliphatic carbocycles. The van der Waals surface area contributed by atoms with E-state index in [1.807, 2.05) is 117 Å². The molecule has 3 aromatic carbocycles. The second kappa shape index (κ2) is 12.4. The summed E-state index contributed by atoms with van der Waals surface area (Å²) in [4.78, 5) is 17.2. The molecule has 192 valence electrons. The van der Waals surface area contributed by atoms with Crippen LogP contribution in [0.4, 0.5) is 11.4 Å². The maximum absolute atomic E-state index is 13.1. The lowest BCUT2D eigenvalue weighted by Gasteiger charge is -2.12. The third-order valence-corrected chi connectivity index (χ3v) is 5.99. The van der Waals surface area contributed by atoms with Gasteiger partial charge in [0.1, 0.15) is 11.9 Å². The highest BCUT2D eigenvalue weighted by Crippen LogP contribution is 2.21. The van der Waals surface area contributed by atoms with E-state index in [1.165, 1.54) is 0 Å². The van der Waals surface area contributed by atoms with Crippen LogP contribution in [0.15, 0.2) is 90.3 Å². The van der Waals surface area contributed by atoms with Crippen LogP contribution in [0.25, 0.3) is 11.4 Å². The minimum atomic E-state index is 0. The maximum Gasteiger partial charge on any atom is 0.314 e. The van der Waals surface area contributed by atoms with Gasteiger partial charge >= 0.3 is 5.82 Å². The van der Waals surface area contributed by atoms with E-state index in [-0.39, 0.29) is 29.3 Å². The number of Topliss-reactive ketones (excluding diaryl/α,β-unsaturated/α-hetero) is 1. The lowest BCUT2D eigenvalue weighted by atomic mass is 10.1. The molecule has 0 saturated carbocycles. The highest BCUT2D eigenvalue weighted by atomic mass is 79.9. The van der Waals surface area contributed by atoms with Gasteiger partial charge in [-0.3, -0.25) is 4.79 Å². The Kier molecular flexibility index (Phi) is 9.25. The van der Waals surface area contributed by atoms with Gasteiger partial charge in [0.15, 0.2) is 12.7 Å². The first-order chi connectivity index (χ1) is 17.4. The zero-order valence-corrected chi connectivity index (χ0v) is 23.4. The summed E-state index contributed by atoms with van der Waals surface area (Å²) in [7, 11) is 9.63. The van der Waals surface area contributed by atoms with E-state index in [0.717, 1.165) is 34.1 Å². The van der Waals surface area contributed by atoms with Gasteiger partial charge in [-0.05, 0) is 66.2 Å². The topological polar surface area (TPSA) is 54.0 Å². The molecule has 0 bridgehead atoms. The number of carbonyl (C=O) groups excluding carboxylic acids is 1. The van der Waals surface area contributed by atoms with Crippen LogP contribution in [0, 0.1) is 0 Å². The van der Waals surface area contributed by atoms with Crippen LogP contribution in [0.2, 0.25) is 0 Å². The number of rotatable bonds is 9. The number of ether oxygens (including phenoxy) is 1. The molecule has 0 aliphatic heterocycles. The van der Waals surface area contributed by atoms with Gasteiger partial charge in [0.2, 0.25) is 5.78 Å². The molecular weight excluding hydrogens is 530 g/mol. The zero-order chi connectivity index (χ0) is 25.7. The molecule has 0 unspecified atom stereocenters. The second-order valence-electron chi connectivity index (χ2n) is 8.92. The van der Waals surface area contributed by atoms with Crippen molar-refractivity contribution in [3.8, 4) is 17.1 Å². The van der Waals surface area contributed by atoms with Crippen LogP contribution in [-0.2, 0) is 6.54 Å². The van der Waals surface area contributed by atoms with Gasteiger partial charge in [0.25, 0.3) is 0 Å². The number of anilines is 2. The van der Waals surface area contributed by atoms with E-state index >= 15 is 0 Å². The van der Waals surface area contributed by atoms with Gasteiger partial charge in [-0.2, -0.15) is 0 Å². The van der Waals surface area contributed by atoms with Crippen LogP contribution < -0.4 is 36.1 Å². The van der Waals surface area contributed by atoms with Gasteiger partial charge in [-0.15, -0.1) is 4.68 Å². The van der Waals surface area contributed by atoms with Gasteiger partial charge in [-0.25, -0.2) is 4.57 Å². The van der Waals surface area contributed by atoms with Gasteiger partial charge < -0.3 is 31.5 Å². The molecule has 4 aromatic rings. The van der Waals surface area contributed by atoms with Crippen molar-refractivity contribution in [2.24, 2.45) is 5.10 Å². The minimum Gasteiger partial charge on any atom is -1.00 e. The van der Waals surface area contributed by atoms with Gasteiger partial charge in [0, 0.05) is 45.1 Å². The lowest BCUT2D eigenvalue weighted by Crippen LogP contribution is -3.00. The van der Waals surface area contributed by atoms with Crippen LogP contribution in [0.1, 0.15) is 15.9 Å². The van der Waals surface area contributed by atoms with E-state index < -0.39 is 0 Å². The normalized spacial score (nSPS) is 10.7. The number of hydrogen-bond donors (Lipinski definition) is 0. The molecule has 0 fully saturated rings. The Balaban J connectivity index is 0.00000380. The molecule has 4 rings (SSSR count). The van der Waals surface area contributed by atoms with E-state index in [9.17, 15) is 4.79 Å². The Bertz CT molecular complexity index is 1340. The highest BCUT2D eigenvalue weighted by Gasteiger charge is 2.22. The van der Waals surface area contributed by atoms with Crippen molar-refractivity contribution in [1.82, 2.24) is 4.68 Å². The third-order valence-electron chi connectivity index (χ3n) is 5.99. The van der Waals surface area contributed by atoms with Crippen LogP contribution in [-0.4, -0.2) is 52.0 Å². The summed E-state index contributed by atoms with van der Waals surface area (Å²) in [5.41, 5.74) is 4.76. The van der Waals surface area contributed by atoms with Crippen molar-refractivity contribution in [2.75, 3.05) is 45.1 Å². The zero-order valence-electron chi connectivity index (χ0n) is 21.8. The fourth-order valence-electron chi connectivity index (χ4n) is 3.85. The first kappa shape index (κ1) is 27.7. The Morgan fingerprint density at radius 1 is 0.892 bits per heavy atom. The quantitative estimate of drug-likeness (QED) is 0.176. The number of methoxy groups -OCH3 is 1. The minimum absolute atomic E-state index is 0. The van der Waals surface area contributed by atoms with Crippen molar-refractivity contribution in [2.45, 2.75) is 6.54 Å². The van der Waals surface area contributed by atoms with Crippen molar-refractivity contribution in [3.05, 3.63) is 96.3 Å². The maximum atomic E-state index is 13.1. The van der Waals surface area contributed by atoms with E-state index in [1.54, 1.807) is 11.8 Å². The van der Waals surface area contributed by atoms with Crippen molar-refractivity contribution in [3.63, 3.8) is 0 Å². The van der Waals surface area contributed by atoms with Crippen molar-refractivity contribution in [1.29, 1.82) is 0 Å². The monoisotopic (exact) mass is 561 g/mol. The summed E-state index contributed by atoms with van der Waals surface area (Å²) in [6, 6.07) is 23.6. The van der Waals surface area contributed by atoms with Crippen LogP contribution in [0.5, 0.6) is 5.75 Å². The molecule has 1 heterocycles. The van der Waals surface area contributed by atoms with E-state index in [4.69, 9.17) is 9.84 Å². The molecule has 0 atom stereocenters. The molecule has 0 spiro atoms. The number of halogens is 1. The molecule has 37 heavy (non-hydrogen) atoms. The second-order valence-corrected chi connectivity index (χ2v) is 8.92.